The monoisotopic (exact) mass is 318 g/mol. The molecule has 2 aromatic rings. The molecule has 0 saturated carbocycles. The average molecular weight is 319 g/mol. The third-order valence-electron chi connectivity index (χ3n) is 2.88. The van der Waals surface area contributed by atoms with Gasteiger partial charge in [-0.1, -0.05) is 25.4 Å². The van der Waals surface area contributed by atoms with Crippen molar-refractivity contribution in [2.75, 3.05) is 0 Å². The molecule has 2 rings (SSSR count). The first-order chi connectivity index (χ1) is 9.73. The van der Waals surface area contributed by atoms with Gasteiger partial charge < -0.3 is 0 Å². The molecule has 1 N–H and O–H groups in total. The molecule has 8 heteroatoms. The molecule has 0 unspecified atom stereocenters. The van der Waals surface area contributed by atoms with E-state index in [1.807, 2.05) is 0 Å². The van der Waals surface area contributed by atoms with Crippen LogP contribution in [0.25, 0.3) is 5.69 Å². The van der Waals surface area contributed by atoms with Crippen LogP contribution in [0.1, 0.15) is 25.3 Å². The number of halogens is 4. The van der Waals surface area contributed by atoms with Gasteiger partial charge in [0.25, 0.3) is 5.56 Å². The minimum absolute atomic E-state index is 0.0142. The molecule has 21 heavy (non-hydrogen) atoms. The van der Waals surface area contributed by atoms with Crippen LogP contribution in [0.5, 0.6) is 0 Å². The van der Waals surface area contributed by atoms with Gasteiger partial charge in [0.05, 0.1) is 11.3 Å². The van der Waals surface area contributed by atoms with Crippen molar-refractivity contribution >= 4 is 11.6 Å². The van der Waals surface area contributed by atoms with Gasteiger partial charge in [0, 0.05) is 12.1 Å². The molecule has 1 aromatic carbocycles. The second-order valence-electron chi connectivity index (χ2n) is 4.67. The van der Waals surface area contributed by atoms with Crippen LogP contribution in [-0.2, 0) is 0 Å². The maximum absolute atomic E-state index is 13.8. The van der Waals surface area contributed by atoms with Crippen molar-refractivity contribution in [1.82, 2.24) is 9.55 Å². The SMILES string of the molecule is CC(C)c1c(Cl)[nH]c(=O)n(-c2cc(F)cc(F)c2F)c1=O. The topological polar surface area (TPSA) is 54.9 Å². The van der Waals surface area contributed by atoms with E-state index in [9.17, 15) is 22.8 Å². The maximum Gasteiger partial charge on any atom is 0.334 e. The van der Waals surface area contributed by atoms with Crippen LogP contribution in [0.3, 0.4) is 0 Å². The summed E-state index contributed by atoms with van der Waals surface area (Å²) in [6, 6.07) is 0.879. The predicted molar refractivity (Wildman–Crippen MR) is 71.6 cm³/mol. The Morgan fingerprint density at radius 2 is 1.81 bits per heavy atom. The molecule has 0 spiro atoms. The van der Waals surface area contributed by atoms with Crippen LogP contribution < -0.4 is 11.2 Å². The first kappa shape index (κ1) is 15.4. The van der Waals surface area contributed by atoms with Crippen molar-refractivity contribution in [3.05, 3.63) is 61.1 Å². The first-order valence-electron chi connectivity index (χ1n) is 5.93. The van der Waals surface area contributed by atoms with Gasteiger partial charge >= 0.3 is 5.69 Å². The lowest BCUT2D eigenvalue weighted by Gasteiger charge is -2.12. The van der Waals surface area contributed by atoms with Gasteiger partial charge in [-0.25, -0.2) is 22.5 Å². The summed E-state index contributed by atoms with van der Waals surface area (Å²) in [6.07, 6.45) is 0. The molecular weight excluding hydrogens is 309 g/mol. The number of nitrogens with one attached hydrogen (secondary N) is 1. The summed E-state index contributed by atoms with van der Waals surface area (Å²) in [6.45, 7) is 3.27. The van der Waals surface area contributed by atoms with E-state index in [0.717, 1.165) is 0 Å². The molecule has 0 radical (unpaired) electrons. The molecule has 4 nitrogen and oxygen atoms in total. The predicted octanol–water partition coefficient (Wildman–Crippen LogP) is 2.72. The fourth-order valence-electron chi connectivity index (χ4n) is 1.95. The normalized spacial score (nSPS) is 11.2. The first-order valence-corrected chi connectivity index (χ1v) is 6.31. The quantitative estimate of drug-likeness (QED) is 0.684. The molecule has 0 atom stereocenters. The number of H-pyrrole nitrogens is 1. The van der Waals surface area contributed by atoms with Crippen LogP contribution in [0.15, 0.2) is 21.7 Å². The summed E-state index contributed by atoms with van der Waals surface area (Å²) in [5.74, 6) is -4.50. The molecule has 1 heterocycles. The Bertz CT molecular complexity index is 827. The second-order valence-corrected chi connectivity index (χ2v) is 5.05. The van der Waals surface area contributed by atoms with E-state index in [4.69, 9.17) is 11.6 Å². The summed E-state index contributed by atoms with van der Waals surface area (Å²) < 4.78 is 40.6. The average Bonchev–Trinajstić information content (AvgIpc) is 2.33. The number of benzene rings is 1. The van der Waals surface area contributed by atoms with Gasteiger partial charge in [-0.15, -0.1) is 0 Å². The van der Waals surface area contributed by atoms with E-state index >= 15 is 0 Å². The molecule has 1 aromatic heterocycles. The fourth-order valence-corrected chi connectivity index (χ4v) is 2.33. The zero-order valence-electron chi connectivity index (χ0n) is 11.0. The number of aromatic amines is 1. The largest absolute Gasteiger partial charge is 0.334 e. The smallest absolute Gasteiger partial charge is 0.297 e. The summed E-state index contributed by atoms with van der Waals surface area (Å²) >= 11 is 5.78. The Hall–Kier alpha value is -2.02. The zero-order valence-corrected chi connectivity index (χ0v) is 11.8. The molecule has 0 saturated heterocycles. The minimum atomic E-state index is -1.50. The van der Waals surface area contributed by atoms with E-state index in [0.29, 0.717) is 16.7 Å². The summed E-state index contributed by atoms with van der Waals surface area (Å²) in [7, 11) is 0. The molecule has 112 valence electrons. The highest BCUT2D eigenvalue weighted by atomic mass is 35.5. The van der Waals surface area contributed by atoms with Crippen molar-refractivity contribution in [2.24, 2.45) is 0 Å². The number of aromatic nitrogens is 2. The van der Waals surface area contributed by atoms with E-state index < -0.39 is 34.4 Å². The summed E-state index contributed by atoms with van der Waals surface area (Å²) in [5, 5.41) is -0.187. The fraction of sp³-hybridized carbons (Fsp3) is 0.231. The van der Waals surface area contributed by atoms with E-state index in [-0.39, 0.29) is 16.6 Å². The van der Waals surface area contributed by atoms with Crippen LogP contribution >= 0.6 is 11.6 Å². The highest BCUT2D eigenvalue weighted by Crippen LogP contribution is 2.20. The molecule has 0 aliphatic heterocycles. The van der Waals surface area contributed by atoms with Crippen molar-refractivity contribution in [3.8, 4) is 5.69 Å². The zero-order chi connectivity index (χ0) is 15.9. The standard InChI is InChI=1S/C13H10ClF3N2O2/c1-5(2)9-11(14)18-13(21)19(12(9)20)8-4-6(15)3-7(16)10(8)17/h3-5H,1-2H3,(H,18,21). The van der Waals surface area contributed by atoms with Crippen LogP contribution in [-0.4, -0.2) is 9.55 Å². The van der Waals surface area contributed by atoms with Crippen molar-refractivity contribution in [1.29, 1.82) is 0 Å². The number of nitrogens with zero attached hydrogens (tertiary/aromatic N) is 1. The molecule has 0 fully saturated rings. The Balaban J connectivity index is 2.92. The third-order valence-corrected chi connectivity index (χ3v) is 3.18. The van der Waals surface area contributed by atoms with Gasteiger partial charge in [0.2, 0.25) is 0 Å². The number of hydrogen-bond donors (Lipinski definition) is 1. The van der Waals surface area contributed by atoms with E-state index in [2.05, 4.69) is 4.98 Å². The number of rotatable bonds is 2. The molecule has 0 aliphatic rings. The van der Waals surface area contributed by atoms with E-state index in [1.165, 1.54) is 0 Å². The third kappa shape index (κ3) is 2.61. The van der Waals surface area contributed by atoms with Gasteiger partial charge in [0.15, 0.2) is 11.6 Å². The second kappa shape index (κ2) is 5.40. The Labute approximate surface area is 121 Å². The van der Waals surface area contributed by atoms with Crippen molar-refractivity contribution in [3.63, 3.8) is 0 Å². The lowest BCUT2D eigenvalue weighted by molar-refractivity contribution is 0.488. The number of hydrogen-bond acceptors (Lipinski definition) is 2. The maximum atomic E-state index is 13.8. The highest BCUT2D eigenvalue weighted by Gasteiger charge is 2.21. The highest BCUT2D eigenvalue weighted by molar-refractivity contribution is 6.30. The minimum Gasteiger partial charge on any atom is -0.297 e. The van der Waals surface area contributed by atoms with Crippen LogP contribution in [0, 0.1) is 17.5 Å². The molecule has 0 aliphatic carbocycles. The van der Waals surface area contributed by atoms with Gasteiger partial charge in [0.1, 0.15) is 11.0 Å². The lowest BCUT2D eigenvalue weighted by atomic mass is 10.1. The van der Waals surface area contributed by atoms with Crippen molar-refractivity contribution < 1.29 is 13.2 Å². The molecule has 0 amide bonds. The Morgan fingerprint density at radius 1 is 1.19 bits per heavy atom. The lowest BCUT2D eigenvalue weighted by Crippen LogP contribution is -2.37. The van der Waals surface area contributed by atoms with Gasteiger partial charge in [-0.3, -0.25) is 9.78 Å². The van der Waals surface area contributed by atoms with Gasteiger partial charge in [-0.2, -0.15) is 0 Å². The van der Waals surface area contributed by atoms with Crippen molar-refractivity contribution in [2.45, 2.75) is 19.8 Å². The Kier molecular flexibility index (Phi) is 3.95. The summed E-state index contributed by atoms with van der Waals surface area (Å²) in [5.41, 5.74) is -2.81. The van der Waals surface area contributed by atoms with Crippen LogP contribution in [0.2, 0.25) is 5.15 Å². The summed E-state index contributed by atoms with van der Waals surface area (Å²) in [4.78, 5) is 26.3. The van der Waals surface area contributed by atoms with Gasteiger partial charge in [-0.05, 0) is 5.92 Å². The molecular formula is C13H10ClF3N2O2. The van der Waals surface area contributed by atoms with Crippen LogP contribution in [0.4, 0.5) is 13.2 Å². The Morgan fingerprint density at radius 3 is 2.38 bits per heavy atom. The molecule has 0 bridgehead atoms. The van der Waals surface area contributed by atoms with E-state index in [1.54, 1.807) is 13.8 Å².